The van der Waals surface area contributed by atoms with E-state index in [0.717, 1.165) is 24.6 Å². The van der Waals surface area contributed by atoms with Gasteiger partial charge in [0.25, 0.3) is 0 Å². The lowest BCUT2D eigenvalue weighted by Gasteiger charge is -2.11. The summed E-state index contributed by atoms with van der Waals surface area (Å²) in [5.74, 6) is 2.09. The molecule has 0 radical (unpaired) electrons. The van der Waals surface area contributed by atoms with Crippen LogP contribution in [0.2, 0.25) is 0 Å². The van der Waals surface area contributed by atoms with E-state index in [9.17, 15) is 0 Å². The van der Waals surface area contributed by atoms with Crippen LogP contribution in [0.1, 0.15) is 52.7 Å². The molecule has 0 spiro atoms. The van der Waals surface area contributed by atoms with Crippen LogP contribution < -0.4 is 10.1 Å². The summed E-state index contributed by atoms with van der Waals surface area (Å²) in [5, 5.41) is 3.27. The summed E-state index contributed by atoms with van der Waals surface area (Å²) < 4.78 is 5.60. The van der Waals surface area contributed by atoms with Crippen LogP contribution >= 0.6 is 0 Å². The van der Waals surface area contributed by atoms with Gasteiger partial charge in [-0.25, -0.2) is 4.98 Å². The maximum atomic E-state index is 5.60. The Labute approximate surface area is 117 Å². The Kier molecular flexibility index (Phi) is 6.60. The highest BCUT2D eigenvalue weighted by Crippen LogP contribution is 2.14. The van der Waals surface area contributed by atoms with Gasteiger partial charge in [-0.05, 0) is 33.1 Å². The van der Waals surface area contributed by atoms with Crippen molar-refractivity contribution in [1.82, 2.24) is 9.97 Å². The number of aromatic nitrogens is 2. The monoisotopic (exact) mass is 265 g/mol. The summed E-state index contributed by atoms with van der Waals surface area (Å²) in [7, 11) is 0. The number of hydrogen-bond donors (Lipinski definition) is 1. The highest BCUT2D eigenvalue weighted by Gasteiger charge is 2.04. The predicted octanol–water partition coefficient (Wildman–Crippen LogP) is 3.81. The predicted molar refractivity (Wildman–Crippen MR) is 79.7 cm³/mol. The first kappa shape index (κ1) is 15.7. The molecule has 1 aromatic heterocycles. The van der Waals surface area contributed by atoms with E-state index in [4.69, 9.17) is 4.74 Å². The molecule has 4 nitrogen and oxygen atoms in total. The standard InChI is InChI=1S/C15H27N3O/c1-11(2)8-6-7-9-16-15-17-13(5)10-14(18-15)19-12(3)4/h10-12H,6-9H2,1-5H3,(H,16,17,18). The number of aryl methyl sites for hydroxylation is 1. The van der Waals surface area contributed by atoms with Crippen molar-refractivity contribution >= 4 is 5.95 Å². The average Bonchev–Trinajstić information content (AvgIpc) is 2.26. The summed E-state index contributed by atoms with van der Waals surface area (Å²) in [5.41, 5.74) is 0.926. The average molecular weight is 265 g/mol. The van der Waals surface area contributed by atoms with Crippen molar-refractivity contribution in [3.8, 4) is 5.88 Å². The zero-order chi connectivity index (χ0) is 14.3. The maximum Gasteiger partial charge on any atom is 0.226 e. The lowest BCUT2D eigenvalue weighted by molar-refractivity contribution is 0.232. The van der Waals surface area contributed by atoms with Gasteiger partial charge >= 0.3 is 0 Å². The van der Waals surface area contributed by atoms with Gasteiger partial charge in [0, 0.05) is 18.3 Å². The second kappa shape index (κ2) is 7.97. The van der Waals surface area contributed by atoms with Crippen molar-refractivity contribution < 1.29 is 4.74 Å². The van der Waals surface area contributed by atoms with Gasteiger partial charge in [0.2, 0.25) is 11.8 Å². The molecule has 1 N–H and O–H groups in total. The molecule has 19 heavy (non-hydrogen) atoms. The van der Waals surface area contributed by atoms with E-state index in [1.165, 1.54) is 12.8 Å². The minimum Gasteiger partial charge on any atom is -0.475 e. The molecule has 1 aromatic rings. The summed E-state index contributed by atoms with van der Waals surface area (Å²) >= 11 is 0. The third-order valence-corrected chi connectivity index (χ3v) is 2.68. The molecule has 0 aliphatic heterocycles. The number of anilines is 1. The topological polar surface area (TPSA) is 47.0 Å². The highest BCUT2D eigenvalue weighted by molar-refractivity contribution is 5.30. The van der Waals surface area contributed by atoms with Gasteiger partial charge in [-0.2, -0.15) is 4.98 Å². The van der Waals surface area contributed by atoms with Crippen LogP contribution in [0.3, 0.4) is 0 Å². The molecule has 0 atom stereocenters. The van der Waals surface area contributed by atoms with Gasteiger partial charge in [0.1, 0.15) is 0 Å². The van der Waals surface area contributed by atoms with E-state index in [1.807, 2.05) is 26.8 Å². The lowest BCUT2D eigenvalue weighted by Crippen LogP contribution is -2.11. The van der Waals surface area contributed by atoms with Crippen molar-refractivity contribution in [3.05, 3.63) is 11.8 Å². The first-order valence-corrected chi connectivity index (χ1v) is 7.23. The second-order valence-electron chi connectivity index (χ2n) is 5.65. The van der Waals surface area contributed by atoms with Gasteiger partial charge in [0.05, 0.1) is 6.10 Å². The Balaban J connectivity index is 2.42. The molecule has 0 amide bonds. The van der Waals surface area contributed by atoms with Gasteiger partial charge in [-0.3, -0.25) is 0 Å². The Hall–Kier alpha value is -1.32. The molecule has 0 aromatic carbocycles. The molecule has 108 valence electrons. The first-order chi connectivity index (χ1) is 8.97. The Bertz CT molecular complexity index is 378. The molecule has 0 aliphatic rings. The van der Waals surface area contributed by atoms with Crippen LogP contribution in [0.15, 0.2) is 6.07 Å². The minimum atomic E-state index is 0.133. The molecular weight excluding hydrogens is 238 g/mol. The van der Waals surface area contributed by atoms with Crippen molar-refractivity contribution in [2.24, 2.45) is 5.92 Å². The Morgan fingerprint density at radius 1 is 1.16 bits per heavy atom. The lowest BCUT2D eigenvalue weighted by atomic mass is 10.1. The summed E-state index contributed by atoms with van der Waals surface area (Å²) in [6.45, 7) is 11.4. The van der Waals surface area contributed by atoms with Crippen LogP contribution in [0.5, 0.6) is 5.88 Å². The van der Waals surface area contributed by atoms with Crippen molar-refractivity contribution in [2.45, 2.75) is 60.0 Å². The van der Waals surface area contributed by atoms with Gasteiger partial charge in [-0.15, -0.1) is 0 Å². The quantitative estimate of drug-likeness (QED) is 0.726. The molecule has 0 fully saturated rings. The van der Waals surface area contributed by atoms with Crippen LogP contribution in [0.25, 0.3) is 0 Å². The van der Waals surface area contributed by atoms with Gasteiger partial charge in [-0.1, -0.05) is 26.7 Å². The van der Waals surface area contributed by atoms with Crippen LogP contribution in [0, 0.1) is 12.8 Å². The summed E-state index contributed by atoms with van der Waals surface area (Å²) in [6.07, 6.45) is 3.80. The van der Waals surface area contributed by atoms with Crippen LogP contribution in [0.4, 0.5) is 5.95 Å². The van der Waals surface area contributed by atoms with E-state index in [1.54, 1.807) is 0 Å². The van der Waals surface area contributed by atoms with Crippen molar-refractivity contribution in [1.29, 1.82) is 0 Å². The number of hydrogen-bond acceptors (Lipinski definition) is 4. The zero-order valence-corrected chi connectivity index (χ0v) is 12.9. The van der Waals surface area contributed by atoms with E-state index in [0.29, 0.717) is 11.8 Å². The number of nitrogens with zero attached hydrogens (tertiary/aromatic N) is 2. The fourth-order valence-corrected chi connectivity index (χ4v) is 1.80. The fraction of sp³-hybridized carbons (Fsp3) is 0.733. The number of unbranched alkanes of at least 4 members (excludes halogenated alkanes) is 1. The molecule has 4 heteroatoms. The molecular formula is C15H27N3O. The fourth-order valence-electron chi connectivity index (χ4n) is 1.80. The number of ether oxygens (including phenoxy) is 1. The summed E-state index contributed by atoms with van der Waals surface area (Å²) in [4.78, 5) is 8.73. The first-order valence-electron chi connectivity index (χ1n) is 7.23. The second-order valence-corrected chi connectivity index (χ2v) is 5.65. The zero-order valence-electron chi connectivity index (χ0n) is 12.9. The van der Waals surface area contributed by atoms with E-state index < -0.39 is 0 Å². The summed E-state index contributed by atoms with van der Waals surface area (Å²) in [6, 6.07) is 1.87. The third kappa shape index (κ3) is 6.99. The normalized spacial score (nSPS) is 11.1. The van der Waals surface area contributed by atoms with Crippen LogP contribution in [-0.4, -0.2) is 22.6 Å². The van der Waals surface area contributed by atoms with Crippen molar-refractivity contribution in [3.63, 3.8) is 0 Å². The van der Waals surface area contributed by atoms with Crippen molar-refractivity contribution in [2.75, 3.05) is 11.9 Å². The third-order valence-electron chi connectivity index (χ3n) is 2.68. The minimum absolute atomic E-state index is 0.133. The molecule has 0 unspecified atom stereocenters. The highest BCUT2D eigenvalue weighted by atomic mass is 16.5. The van der Waals surface area contributed by atoms with E-state index in [2.05, 4.69) is 29.1 Å². The smallest absolute Gasteiger partial charge is 0.226 e. The molecule has 0 saturated heterocycles. The van der Waals surface area contributed by atoms with E-state index in [-0.39, 0.29) is 6.10 Å². The Morgan fingerprint density at radius 2 is 1.89 bits per heavy atom. The van der Waals surface area contributed by atoms with Gasteiger partial charge in [0.15, 0.2) is 0 Å². The van der Waals surface area contributed by atoms with Crippen LogP contribution in [-0.2, 0) is 0 Å². The maximum absolute atomic E-state index is 5.60. The molecule has 0 aliphatic carbocycles. The molecule has 0 saturated carbocycles. The molecule has 0 bridgehead atoms. The number of nitrogens with one attached hydrogen (secondary N) is 1. The van der Waals surface area contributed by atoms with E-state index >= 15 is 0 Å². The largest absolute Gasteiger partial charge is 0.475 e. The molecule has 1 rings (SSSR count). The van der Waals surface area contributed by atoms with Gasteiger partial charge < -0.3 is 10.1 Å². The SMILES string of the molecule is Cc1cc(OC(C)C)nc(NCCCCC(C)C)n1. The Morgan fingerprint density at radius 3 is 2.53 bits per heavy atom. The molecule has 1 heterocycles. The number of rotatable bonds is 8.